The van der Waals surface area contributed by atoms with Crippen molar-refractivity contribution in [3.8, 4) is 0 Å². The van der Waals surface area contributed by atoms with Crippen LogP contribution in [0.5, 0.6) is 0 Å². The van der Waals surface area contributed by atoms with Crippen LogP contribution in [0.15, 0.2) is 34.1 Å². The normalized spacial score (nSPS) is 12.5. The fraction of sp³-hybridized carbons (Fsp3) is 0.286. The Morgan fingerprint density at radius 3 is 2.59 bits per heavy atom. The quantitative estimate of drug-likeness (QED) is 0.811. The van der Waals surface area contributed by atoms with Crippen LogP contribution in [-0.2, 0) is 0 Å². The third kappa shape index (κ3) is 2.90. The summed E-state index contributed by atoms with van der Waals surface area (Å²) in [5.41, 5.74) is 3.81. The van der Waals surface area contributed by atoms with Crippen LogP contribution >= 0.6 is 27.3 Å². The molecule has 90 valence electrons. The highest BCUT2D eigenvalue weighted by atomic mass is 79.9. The van der Waals surface area contributed by atoms with Gasteiger partial charge >= 0.3 is 0 Å². The summed E-state index contributed by atoms with van der Waals surface area (Å²) in [4.78, 5) is 1.34. The number of anilines is 1. The zero-order chi connectivity index (χ0) is 12.4. The molecule has 2 aromatic rings. The monoisotopic (exact) mass is 309 g/mol. The Morgan fingerprint density at radius 2 is 2.00 bits per heavy atom. The van der Waals surface area contributed by atoms with E-state index in [0.717, 1.165) is 0 Å². The largest absolute Gasteiger partial charge is 0.377 e. The summed E-state index contributed by atoms with van der Waals surface area (Å²) < 4.78 is 1.19. The first-order valence-corrected chi connectivity index (χ1v) is 7.32. The molecule has 0 saturated carbocycles. The van der Waals surface area contributed by atoms with Crippen molar-refractivity contribution in [1.82, 2.24) is 0 Å². The van der Waals surface area contributed by atoms with Crippen molar-refractivity contribution in [3.05, 3.63) is 50.1 Å². The number of benzene rings is 1. The molecule has 0 spiro atoms. The Hall–Kier alpha value is -0.800. The van der Waals surface area contributed by atoms with Crippen LogP contribution in [-0.4, -0.2) is 0 Å². The van der Waals surface area contributed by atoms with Crippen LogP contribution in [0.25, 0.3) is 0 Å². The van der Waals surface area contributed by atoms with E-state index in [-0.39, 0.29) is 0 Å². The van der Waals surface area contributed by atoms with Gasteiger partial charge in [-0.25, -0.2) is 0 Å². The standard InChI is InChI=1S/C14H16BrNS/c1-9-4-5-13(10(2)8-9)16-11(3)14-12(15)6-7-17-14/h4-8,11,16H,1-3H3. The fourth-order valence-corrected chi connectivity index (χ4v) is 3.61. The van der Waals surface area contributed by atoms with Gasteiger partial charge in [0, 0.05) is 15.0 Å². The number of hydrogen-bond acceptors (Lipinski definition) is 2. The minimum atomic E-state index is 0.325. The second kappa shape index (κ2) is 5.23. The molecule has 1 aromatic heterocycles. The lowest BCUT2D eigenvalue weighted by Gasteiger charge is -2.16. The summed E-state index contributed by atoms with van der Waals surface area (Å²) in [6.07, 6.45) is 0. The first kappa shape index (κ1) is 12.7. The molecule has 0 aliphatic heterocycles. The molecule has 2 rings (SSSR count). The minimum Gasteiger partial charge on any atom is -0.377 e. The molecule has 0 saturated heterocycles. The zero-order valence-electron chi connectivity index (χ0n) is 10.3. The van der Waals surface area contributed by atoms with E-state index in [0.29, 0.717) is 6.04 Å². The van der Waals surface area contributed by atoms with Crippen LogP contribution in [0.3, 0.4) is 0 Å². The number of thiophene rings is 1. The van der Waals surface area contributed by atoms with Crippen LogP contribution < -0.4 is 5.32 Å². The van der Waals surface area contributed by atoms with E-state index >= 15 is 0 Å². The number of nitrogens with one attached hydrogen (secondary N) is 1. The molecule has 3 heteroatoms. The first-order chi connectivity index (χ1) is 8.08. The highest BCUT2D eigenvalue weighted by molar-refractivity contribution is 9.10. The van der Waals surface area contributed by atoms with Crippen molar-refractivity contribution in [2.75, 3.05) is 5.32 Å². The van der Waals surface area contributed by atoms with Gasteiger partial charge in [0.05, 0.1) is 6.04 Å². The van der Waals surface area contributed by atoms with E-state index in [1.54, 1.807) is 11.3 Å². The Kier molecular flexibility index (Phi) is 3.89. The van der Waals surface area contributed by atoms with Crippen molar-refractivity contribution < 1.29 is 0 Å². The first-order valence-electron chi connectivity index (χ1n) is 5.64. The Balaban J connectivity index is 2.19. The SMILES string of the molecule is Cc1ccc(NC(C)c2sccc2Br)c(C)c1. The summed E-state index contributed by atoms with van der Waals surface area (Å²) in [5.74, 6) is 0. The molecule has 1 N–H and O–H groups in total. The highest BCUT2D eigenvalue weighted by Crippen LogP contribution is 2.31. The number of rotatable bonds is 3. The third-order valence-electron chi connectivity index (χ3n) is 2.79. The maximum Gasteiger partial charge on any atom is 0.0589 e. The summed E-state index contributed by atoms with van der Waals surface area (Å²) in [6, 6.07) is 8.93. The predicted octanol–water partition coefficient (Wildman–Crippen LogP) is 5.30. The van der Waals surface area contributed by atoms with Crippen molar-refractivity contribution in [3.63, 3.8) is 0 Å². The van der Waals surface area contributed by atoms with Gasteiger partial charge in [0.25, 0.3) is 0 Å². The Bertz CT molecular complexity index is 519. The number of aryl methyl sites for hydroxylation is 2. The molecule has 0 fully saturated rings. The van der Waals surface area contributed by atoms with Crippen LogP contribution in [0.1, 0.15) is 29.0 Å². The van der Waals surface area contributed by atoms with Crippen LogP contribution in [0.2, 0.25) is 0 Å². The second-order valence-electron chi connectivity index (χ2n) is 4.32. The van der Waals surface area contributed by atoms with E-state index < -0.39 is 0 Å². The van der Waals surface area contributed by atoms with Crippen LogP contribution in [0.4, 0.5) is 5.69 Å². The molecule has 0 aliphatic rings. The van der Waals surface area contributed by atoms with Gasteiger partial charge in [0.1, 0.15) is 0 Å². The van der Waals surface area contributed by atoms with Crippen molar-refractivity contribution in [2.45, 2.75) is 26.8 Å². The lowest BCUT2D eigenvalue weighted by Crippen LogP contribution is -2.06. The van der Waals surface area contributed by atoms with Gasteiger partial charge in [-0.3, -0.25) is 0 Å². The molecule has 1 aromatic carbocycles. The molecule has 1 unspecified atom stereocenters. The minimum absolute atomic E-state index is 0.325. The van der Waals surface area contributed by atoms with Crippen molar-refractivity contribution in [1.29, 1.82) is 0 Å². The molecular formula is C14H16BrNS. The van der Waals surface area contributed by atoms with E-state index in [1.807, 2.05) is 0 Å². The molecule has 0 aliphatic carbocycles. The van der Waals surface area contributed by atoms with Crippen molar-refractivity contribution in [2.24, 2.45) is 0 Å². The molecule has 1 heterocycles. The molecule has 1 atom stereocenters. The summed E-state index contributed by atoms with van der Waals surface area (Å²) in [5, 5.41) is 5.67. The Morgan fingerprint density at radius 1 is 1.24 bits per heavy atom. The van der Waals surface area contributed by atoms with Gasteiger partial charge in [-0.05, 0) is 59.8 Å². The molecule has 17 heavy (non-hydrogen) atoms. The lowest BCUT2D eigenvalue weighted by atomic mass is 10.1. The summed E-state index contributed by atoms with van der Waals surface area (Å²) in [7, 11) is 0. The lowest BCUT2D eigenvalue weighted by molar-refractivity contribution is 0.900. The molecule has 0 bridgehead atoms. The molecule has 0 radical (unpaired) electrons. The summed E-state index contributed by atoms with van der Waals surface area (Å²) in [6.45, 7) is 6.46. The van der Waals surface area contributed by atoms with E-state index in [1.165, 1.54) is 26.2 Å². The van der Waals surface area contributed by atoms with Crippen molar-refractivity contribution >= 4 is 33.0 Å². The van der Waals surface area contributed by atoms with E-state index in [2.05, 4.69) is 71.7 Å². The van der Waals surface area contributed by atoms with Gasteiger partial charge in [-0.2, -0.15) is 0 Å². The Labute approximate surface area is 115 Å². The third-order valence-corrected chi connectivity index (χ3v) is 4.85. The molecular weight excluding hydrogens is 294 g/mol. The highest BCUT2D eigenvalue weighted by Gasteiger charge is 2.11. The average Bonchev–Trinajstić information content (AvgIpc) is 2.68. The van der Waals surface area contributed by atoms with Gasteiger partial charge in [-0.1, -0.05) is 17.7 Å². The average molecular weight is 310 g/mol. The fourth-order valence-electron chi connectivity index (χ4n) is 1.89. The van der Waals surface area contributed by atoms with Gasteiger partial charge in [-0.15, -0.1) is 11.3 Å². The van der Waals surface area contributed by atoms with Gasteiger partial charge in [0.15, 0.2) is 0 Å². The van der Waals surface area contributed by atoms with Crippen LogP contribution in [0, 0.1) is 13.8 Å². The van der Waals surface area contributed by atoms with Gasteiger partial charge in [0.2, 0.25) is 0 Å². The smallest absolute Gasteiger partial charge is 0.0589 e. The number of halogens is 1. The maximum absolute atomic E-state index is 3.58. The van der Waals surface area contributed by atoms with E-state index in [4.69, 9.17) is 0 Å². The van der Waals surface area contributed by atoms with E-state index in [9.17, 15) is 0 Å². The second-order valence-corrected chi connectivity index (χ2v) is 6.12. The maximum atomic E-state index is 3.58. The summed E-state index contributed by atoms with van der Waals surface area (Å²) >= 11 is 5.36. The predicted molar refractivity (Wildman–Crippen MR) is 80.0 cm³/mol. The molecule has 1 nitrogen and oxygen atoms in total. The zero-order valence-corrected chi connectivity index (χ0v) is 12.7. The topological polar surface area (TPSA) is 12.0 Å². The number of hydrogen-bond donors (Lipinski definition) is 1. The molecule has 0 amide bonds. The van der Waals surface area contributed by atoms with Gasteiger partial charge < -0.3 is 5.32 Å².